The molecule has 3 rings (SSSR count). The first kappa shape index (κ1) is 22.9. The number of amides is 2. The highest BCUT2D eigenvalue weighted by atomic mass is 35.5. The van der Waals surface area contributed by atoms with Crippen LogP contribution in [0.1, 0.15) is 16.1 Å². The largest absolute Gasteiger partial charge is 0.378 e. The Morgan fingerprint density at radius 3 is 2.74 bits per heavy atom. The van der Waals surface area contributed by atoms with Gasteiger partial charge in [0.2, 0.25) is 5.91 Å². The Balaban J connectivity index is 0.00000182. The second-order valence-electron chi connectivity index (χ2n) is 5.66. The van der Waals surface area contributed by atoms with Gasteiger partial charge in [-0.3, -0.25) is 14.6 Å². The average molecular weight is 413 g/mol. The van der Waals surface area contributed by atoms with Crippen LogP contribution in [0.25, 0.3) is 0 Å². The second kappa shape index (κ2) is 11.5. The third-order valence-electron chi connectivity index (χ3n) is 3.79. The van der Waals surface area contributed by atoms with E-state index in [1.807, 2.05) is 18.2 Å². The second-order valence-corrected chi connectivity index (χ2v) is 5.66. The van der Waals surface area contributed by atoms with Crippen molar-refractivity contribution in [2.75, 3.05) is 25.1 Å². The number of anilines is 1. The molecule has 3 N–H and O–H groups in total. The Morgan fingerprint density at radius 1 is 1.19 bits per heavy atom. The highest BCUT2D eigenvalue weighted by Crippen LogP contribution is 2.12. The van der Waals surface area contributed by atoms with Gasteiger partial charge in [-0.1, -0.05) is 12.1 Å². The molecule has 146 valence electrons. The molecule has 1 unspecified atom stereocenters. The Morgan fingerprint density at radius 2 is 2.04 bits per heavy atom. The maximum Gasteiger partial charge on any atom is 0.251 e. The molecule has 2 aromatic rings. The summed E-state index contributed by atoms with van der Waals surface area (Å²) < 4.78 is 5.28. The zero-order valence-corrected chi connectivity index (χ0v) is 16.1. The first-order valence-corrected chi connectivity index (χ1v) is 8.12. The van der Waals surface area contributed by atoms with Gasteiger partial charge >= 0.3 is 0 Å². The number of hydrogen-bond acceptors (Lipinski definition) is 5. The smallest absolute Gasteiger partial charge is 0.251 e. The van der Waals surface area contributed by atoms with Crippen molar-refractivity contribution in [1.82, 2.24) is 15.6 Å². The summed E-state index contributed by atoms with van der Waals surface area (Å²) >= 11 is 0. The number of morpholine rings is 1. The van der Waals surface area contributed by atoms with Crippen molar-refractivity contribution in [3.8, 4) is 0 Å². The molecule has 1 saturated heterocycles. The highest BCUT2D eigenvalue weighted by Gasteiger charge is 2.21. The predicted octanol–water partition coefficient (Wildman–Crippen LogP) is 1.78. The van der Waals surface area contributed by atoms with Gasteiger partial charge in [-0.25, -0.2) is 0 Å². The third kappa shape index (κ3) is 6.80. The third-order valence-corrected chi connectivity index (χ3v) is 3.79. The molecule has 0 bridgehead atoms. The van der Waals surface area contributed by atoms with E-state index in [0.717, 1.165) is 5.69 Å². The van der Waals surface area contributed by atoms with Crippen molar-refractivity contribution in [3.63, 3.8) is 0 Å². The number of rotatable bonds is 5. The summed E-state index contributed by atoms with van der Waals surface area (Å²) in [6.45, 7) is 1.94. The molecule has 0 radical (unpaired) electrons. The maximum atomic E-state index is 12.3. The minimum Gasteiger partial charge on any atom is -0.378 e. The number of nitrogens with one attached hydrogen (secondary N) is 3. The lowest BCUT2D eigenvalue weighted by atomic mass is 10.1. The summed E-state index contributed by atoms with van der Waals surface area (Å²) in [5.74, 6) is -0.397. The van der Waals surface area contributed by atoms with E-state index in [4.69, 9.17) is 4.74 Å². The SMILES string of the molecule is Cl.Cl.O=C(NCc1ccccn1)c1cccc(NC(=O)C2COCCN2)c1. The molecule has 2 heterocycles. The van der Waals surface area contributed by atoms with E-state index < -0.39 is 0 Å². The fourth-order valence-electron chi connectivity index (χ4n) is 2.48. The van der Waals surface area contributed by atoms with Crippen LogP contribution in [0.5, 0.6) is 0 Å². The highest BCUT2D eigenvalue weighted by molar-refractivity contribution is 5.98. The van der Waals surface area contributed by atoms with Crippen molar-refractivity contribution in [1.29, 1.82) is 0 Å². The fourth-order valence-corrected chi connectivity index (χ4v) is 2.48. The predicted molar refractivity (Wildman–Crippen MR) is 108 cm³/mol. The van der Waals surface area contributed by atoms with Crippen molar-refractivity contribution in [2.45, 2.75) is 12.6 Å². The zero-order valence-electron chi connectivity index (χ0n) is 14.5. The molecule has 2 amide bonds. The zero-order chi connectivity index (χ0) is 17.5. The number of carbonyl (C=O) groups is 2. The van der Waals surface area contributed by atoms with Gasteiger partial charge in [-0.05, 0) is 30.3 Å². The monoisotopic (exact) mass is 412 g/mol. The molecule has 1 fully saturated rings. The molecule has 0 aliphatic carbocycles. The van der Waals surface area contributed by atoms with Crippen molar-refractivity contribution < 1.29 is 14.3 Å². The number of pyridine rings is 1. The lowest BCUT2D eigenvalue weighted by molar-refractivity contribution is -0.120. The summed E-state index contributed by atoms with van der Waals surface area (Å²) in [5.41, 5.74) is 1.83. The van der Waals surface area contributed by atoms with Crippen LogP contribution in [-0.2, 0) is 16.1 Å². The summed E-state index contributed by atoms with van der Waals surface area (Å²) in [5, 5.41) is 8.71. The quantitative estimate of drug-likeness (QED) is 0.695. The van der Waals surface area contributed by atoms with E-state index in [0.29, 0.717) is 37.6 Å². The first-order chi connectivity index (χ1) is 12.2. The number of benzene rings is 1. The van der Waals surface area contributed by atoms with E-state index in [1.54, 1.807) is 30.5 Å². The van der Waals surface area contributed by atoms with Crippen molar-refractivity contribution in [3.05, 3.63) is 59.9 Å². The van der Waals surface area contributed by atoms with Crippen LogP contribution in [0, 0.1) is 0 Å². The number of nitrogens with zero attached hydrogens (tertiary/aromatic N) is 1. The number of aromatic nitrogens is 1. The van der Waals surface area contributed by atoms with E-state index in [2.05, 4.69) is 20.9 Å². The summed E-state index contributed by atoms with van der Waals surface area (Å²) in [6.07, 6.45) is 1.68. The Hall–Kier alpha value is -2.19. The molecule has 0 saturated carbocycles. The maximum absolute atomic E-state index is 12.3. The van der Waals surface area contributed by atoms with Crippen LogP contribution in [-0.4, -0.2) is 42.6 Å². The molecule has 1 aromatic carbocycles. The van der Waals surface area contributed by atoms with Gasteiger partial charge in [0, 0.05) is 24.0 Å². The minimum atomic E-state index is -0.379. The molecular weight excluding hydrogens is 391 g/mol. The molecule has 1 atom stereocenters. The van der Waals surface area contributed by atoms with Crippen LogP contribution in [0.2, 0.25) is 0 Å². The van der Waals surface area contributed by atoms with Crippen molar-refractivity contribution in [2.24, 2.45) is 0 Å². The molecule has 1 aliphatic heterocycles. The molecule has 9 heteroatoms. The fraction of sp³-hybridized carbons (Fsp3) is 0.278. The first-order valence-electron chi connectivity index (χ1n) is 8.12. The number of carbonyl (C=O) groups excluding carboxylic acids is 2. The number of halogens is 2. The summed E-state index contributed by atoms with van der Waals surface area (Å²) in [7, 11) is 0. The lowest BCUT2D eigenvalue weighted by Crippen LogP contribution is -2.48. The standard InChI is InChI=1S/C18H20N4O3.2ClH/c23-17(21-11-15-5-1-2-7-19-15)13-4-3-6-14(10-13)22-18(24)16-12-25-9-8-20-16;;/h1-7,10,16,20H,8-9,11-12H2,(H,21,23)(H,22,24);2*1H. The van der Waals surface area contributed by atoms with Crippen LogP contribution in [0.3, 0.4) is 0 Å². The average Bonchev–Trinajstić information content (AvgIpc) is 2.68. The molecule has 27 heavy (non-hydrogen) atoms. The lowest BCUT2D eigenvalue weighted by Gasteiger charge is -2.22. The van der Waals surface area contributed by atoms with Crippen molar-refractivity contribution >= 4 is 42.3 Å². The van der Waals surface area contributed by atoms with E-state index in [1.165, 1.54) is 0 Å². The van der Waals surface area contributed by atoms with E-state index >= 15 is 0 Å². The summed E-state index contributed by atoms with van der Waals surface area (Å²) in [6, 6.07) is 12.0. The number of hydrogen-bond donors (Lipinski definition) is 3. The van der Waals surface area contributed by atoms with Crippen LogP contribution in [0.15, 0.2) is 48.7 Å². The van der Waals surface area contributed by atoms with Gasteiger partial charge in [0.05, 0.1) is 25.5 Å². The Kier molecular flexibility index (Phi) is 9.74. The minimum absolute atomic E-state index is 0. The number of ether oxygens (including phenoxy) is 1. The Bertz CT molecular complexity index is 740. The summed E-state index contributed by atoms with van der Waals surface area (Å²) in [4.78, 5) is 28.6. The van der Waals surface area contributed by atoms with E-state index in [-0.39, 0.29) is 42.7 Å². The molecule has 0 spiro atoms. The van der Waals surface area contributed by atoms with E-state index in [9.17, 15) is 9.59 Å². The van der Waals surface area contributed by atoms with Gasteiger partial charge in [-0.15, -0.1) is 24.8 Å². The van der Waals surface area contributed by atoms with Crippen LogP contribution in [0.4, 0.5) is 5.69 Å². The van der Waals surface area contributed by atoms with Gasteiger partial charge in [-0.2, -0.15) is 0 Å². The van der Waals surface area contributed by atoms with Gasteiger partial charge in [0.15, 0.2) is 0 Å². The molecule has 1 aliphatic rings. The Labute approximate surface area is 170 Å². The van der Waals surface area contributed by atoms with Crippen LogP contribution < -0.4 is 16.0 Å². The molecule has 7 nitrogen and oxygen atoms in total. The normalized spacial score (nSPS) is 15.6. The topological polar surface area (TPSA) is 92.4 Å². The molecular formula is C18H22Cl2N4O3. The van der Waals surface area contributed by atoms with Gasteiger partial charge in [0.25, 0.3) is 5.91 Å². The van der Waals surface area contributed by atoms with Gasteiger partial charge in [0.1, 0.15) is 6.04 Å². The van der Waals surface area contributed by atoms with Crippen LogP contribution >= 0.6 is 24.8 Å². The molecule has 1 aromatic heterocycles. The van der Waals surface area contributed by atoms with Gasteiger partial charge < -0.3 is 20.7 Å².